The van der Waals surface area contributed by atoms with Crippen molar-refractivity contribution < 1.29 is 52.7 Å². The molecule has 1 aliphatic heterocycles. The Bertz CT molecular complexity index is 649. The second kappa shape index (κ2) is 5.69. The molecule has 1 unspecified atom stereocenters. The van der Waals surface area contributed by atoms with E-state index in [0.717, 1.165) is 0 Å². The highest BCUT2D eigenvalue weighted by Crippen LogP contribution is 2.45. The van der Waals surface area contributed by atoms with E-state index in [1.165, 1.54) is 0 Å². The highest BCUT2D eigenvalue weighted by molar-refractivity contribution is 8.04. The SMILES string of the molecule is O=S(=O)(N(C1CCC2(C1)OCCO2)S(=O)(=O)C(F)(F)F)C(F)(F)F. The van der Waals surface area contributed by atoms with Gasteiger partial charge in [-0.05, 0) is 6.42 Å². The van der Waals surface area contributed by atoms with Gasteiger partial charge in [-0.2, -0.15) is 26.3 Å². The molecule has 1 aliphatic carbocycles. The first-order valence-corrected chi connectivity index (χ1v) is 9.22. The van der Waals surface area contributed by atoms with E-state index in [2.05, 4.69) is 0 Å². The van der Waals surface area contributed by atoms with Crippen LogP contribution >= 0.6 is 0 Å². The Morgan fingerprint density at radius 2 is 1.29 bits per heavy atom. The Morgan fingerprint density at radius 1 is 0.875 bits per heavy atom. The summed E-state index contributed by atoms with van der Waals surface area (Å²) in [6, 6.07) is -2.12. The van der Waals surface area contributed by atoms with Crippen LogP contribution in [0.4, 0.5) is 26.3 Å². The van der Waals surface area contributed by atoms with Crippen LogP contribution in [0.3, 0.4) is 0 Å². The summed E-state index contributed by atoms with van der Waals surface area (Å²) in [4.78, 5) is 0. The van der Waals surface area contributed by atoms with Gasteiger partial charge in [-0.25, -0.2) is 16.8 Å². The molecular formula is C9H11F6NO6S2. The molecule has 0 N–H and O–H groups in total. The molecule has 7 nitrogen and oxygen atoms in total. The first-order chi connectivity index (χ1) is 10.6. The topological polar surface area (TPSA) is 90.0 Å². The van der Waals surface area contributed by atoms with Gasteiger partial charge in [0.15, 0.2) is 5.79 Å². The molecule has 2 rings (SSSR count). The van der Waals surface area contributed by atoms with Crippen LogP contribution in [0, 0.1) is 0 Å². The Morgan fingerprint density at radius 3 is 1.67 bits per heavy atom. The maximum absolute atomic E-state index is 12.7. The summed E-state index contributed by atoms with van der Waals surface area (Å²) in [5.41, 5.74) is -12.4. The van der Waals surface area contributed by atoms with E-state index in [1.807, 2.05) is 0 Å². The number of sulfonamides is 2. The van der Waals surface area contributed by atoms with Gasteiger partial charge in [0.05, 0.1) is 13.2 Å². The molecule has 1 atom stereocenters. The van der Waals surface area contributed by atoms with Crippen molar-refractivity contribution in [2.24, 2.45) is 0 Å². The van der Waals surface area contributed by atoms with Crippen LogP contribution in [-0.4, -0.2) is 56.6 Å². The van der Waals surface area contributed by atoms with E-state index in [-0.39, 0.29) is 19.6 Å². The van der Waals surface area contributed by atoms with Crippen LogP contribution in [0.1, 0.15) is 19.3 Å². The molecule has 1 spiro atoms. The minimum Gasteiger partial charge on any atom is -0.347 e. The first-order valence-electron chi connectivity index (χ1n) is 6.34. The average Bonchev–Trinajstić information content (AvgIpc) is 2.97. The van der Waals surface area contributed by atoms with Crippen LogP contribution in [0.2, 0.25) is 0 Å². The van der Waals surface area contributed by atoms with E-state index in [4.69, 9.17) is 9.47 Å². The van der Waals surface area contributed by atoms with Crippen molar-refractivity contribution in [2.45, 2.75) is 42.1 Å². The number of rotatable bonds is 3. The van der Waals surface area contributed by atoms with Gasteiger partial charge in [0.2, 0.25) is 0 Å². The lowest BCUT2D eigenvalue weighted by Crippen LogP contribution is -2.53. The van der Waals surface area contributed by atoms with Gasteiger partial charge in [-0.15, -0.1) is 0 Å². The molecule has 0 aromatic carbocycles. The zero-order valence-electron chi connectivity index (χ0n) is 11.6. The number of nitrogens with zero attached hydrogens (tertiary/aromatic N) is 1. The molecule has 0 radical (unpaired) electrons. The number of hydrogen-bond donors (Lipinski definition) is 0. The molecular weight excluding hydrogens is 396 g/mol. The Kier molecular flexibility index (Phi) is 4.66. The van der Waals surface area contributed by atoms with Gasteiger partial charge >= 0.3 is 31.1 Å². The summed E-state index contributed by atoms with van der Waals surface area (Å²) >= 11 is 0. The fourth-order valence-electron chi connectivity index (χ4n) is 2.61. The van der Waals surface area contributed by atoms with Crippen LogP contribution in [0.5, 0.6) is 0 Å². The van der Waals surface area contributed by atoms with Crippen LogP contribution in [0.25, 0.3) is 0 Å². The van der Waals surface area contributed by atoms with Gasteiger partial charge in [0, 0.05) is 18.9 Å². The molecule has 1 saturated heterocycles. The molecule has 2 aliphatic rings. The maximum Gasteiger partial charge on any atom is 0.512 e. The van der Waals surface area contributed by atoms with Gasteiger partial charge in [-0.3, -0.25) is 0 Å². The van der Waals surface area contributed by atoms with Crippen LogP contribution < -0.4 is 0 Å². The van der Waals surface area contributed by atoms with Crippen LogP contribution in [-0.2, 0) is 29.5 Å². The lowest BCUT2D eigenvalue weighted by atomic mass is 10.2. The lowest BCUT2D eigenvalue weighted by molar-refractivity contribution is -0.152. The number of halogens is 6. The van der Waals surface area contributed by atoms with Crippen molar-refractivity contribution >= 4 is 20.0 Å². The molecule has 142 valence electrons. The number of alkyl halides is 6. The van der Waals surface area contributed by atoms with Crippen molar-refractivity contribution in [3.8, 4) is 0 Å². The zero-order chi connectivity index (χ0) is 18.6. The molecule has 1 saturated carbocycles. The first kappa shape index (κ1) is 19.7. The van der Waals surface area contributed by atoms with Gasteiger partial charge in [-0.1, -0.05) is 3.71 Å². The van der Waals surface area contributed by atoms with Crippen molar-refractivity contribution in [1.29, 1.82) is 0 Å². The standard InChI is InChI=1S/C9H11F6NO6S2/c10-8(11,12)23(17,18)16(24(19,20)9(13,14)15)6-1-2-7(5-6)21-3-4-22-7/h6H,1-5H2. The van der Waals surface area contributed by atoms with Crippen molar-refractivity contribution in [3.63, 3.8) is 0 Å². The Balaban J connectivity index is 2.50. The molecule has 0 amide bonds. The fourth-order valence-corrected chi connectivity index (χ4v) is 5.71. The molecule has 0 bridgehead atoms. The second-order valence-corrected chi connectivity index (χ2v) is 8.98. The van der Waals surface area contributed by atoms with E-state index in [9.17, 15) is 43.2 Å². The molecule has 1 heterocycles. The second-order valence-electron chi connectivity index (χ2n) is 5.13. The van der Waals surface area contributed by atoms with Gasteiger partial charge in [0.25, 0.3) is 0 Å². The molecule has 2 fully saturated rings. The quantitative estimate of drug-likeness (QED) is 0.655. The summed E-state index contributed by atoms with van der Waals surface area (Å²) in [6.45, 7) is 0.00945. The third kappa shape index (κ3) is 3.11. The van der Waals surface area contributed by atoms with Crippen molar-refractivity contribution in [2.75, 3.05) is 13.2 Å². The van der Waals surface area contributed by atoms with Crippen molar-refractivity contribution in [1.82, 2.24) is 3.71 Å². The summed E-state index contributed by atoms with van der Waals surface area (Å²) in [5.74, 6) is -1.58. The largest absolute Gasteiger partial charge is 0.512 e. The average molecular weight is 407 g/mol. The predicted molar refractivity (Wildman–Crippen MR) is 64.1 cm³/mol. The molecule has 0 aromatic rings. The highest BCUT2D eigenvalue weighted by atomic mass is 32.3. The van der Waals surface area contributed by atoms with E-state index in [1.54, 1.807) is 0 Å². The maximum atomic E-state index is 12.7. The van der Waals surface area contributed by atoms with E-state index >= 15 is 0 Å². The zero-order valence-corrected chi connectivity index (χ0v) is 13.2. The highest BCUT2D eigenvalue weighted by Gasteiger charge is 2.65. The van der Waals surface area contributed by atoms with E-state index in [0.29, 0.717) is 0 Å². The predicted octanol–water partition coefficient (Wildman–Crippen LogP) is 1.28. The Labute approximate surface area is 132 Å². The van der Waals surface area contributed by atoms with Crippen molar-refractivity contribution in [3.05, 3.63) is 0 Å². The number of ether oxygens (including phenoxy) is 2. The normalized spacial score (nSPS) is 25.7. The summed E-state index contributed by atoms with van der Waals surface area (Å²) < 4.78 is 131. The third-order valence-corrected chi connectivity index (χ3v) is 7.47. The Hall–Kier alpha value is -0.640. The summed E-state index contributed by atoms with van der Waals surface area (Å²) in [6.07, 6.45) is -1.61. The fraction of sp³-hybridized carbons (Fsp3) is 1.00. The molecule has 24 heavy (non-hydrogen) atoms. The number of hydrogen-bond acceptors (Lipinski definition) is 6. The van der Waals surface area contributed by atoms with Gasteiger partial charge < -0.3 is 9.47 Å². The minimum atomic E-state index is -6.79. The summed E-state index contributed by atoms with van der Waals surface area (Å²) in [7, 11) is -13.6. The minimum absolute atomic E-state index is 0.00472. The third-order valence-electron chi connectivity index (χ3n) is 3.58. The molecule has 15 heteroatoms. The van der Waals surface area contributed by atoms with Crippen LogP contribution in [0.15, 0.2) is 0 Å². The smallest absolute Gasteiger partial charge is 0.347 e. The van der Waals surface area contributed by atoms with Gasteiger partial charge in [0.1, 0.15) is 0 Å². The monoisotopic (exact) mass is 407 g/mol. The summed E-state index contributed by atoms with van der Waals surface area (Å²) in [5, 5.41) is 0. The van der Waals surface area contributed by atoms with E-state index < -0.39 is 59.4 Å². The lowest BCUT2D eigenvalue weighted by Gasteiger charge is -2.29. The molecule has 0 aromatic heterocycles.